The number of hydrogen-bond acceptors (Lipinski definition) is 6. The Balaban J connectivity index is 1.42. The van der Waals surface area contributed by atoms with Gasteiger partial charge in [0.25, 0.3) is 5.91 Å². The number of benzene rings is 4. The maximum atomic E-state index is 12.8. The Bertz CT molecular complexity index is 1530. The quantitative estimate of drug-likeness (QED) is 0.134. The van der Waals surface area contributed by atoms with Crippen LogP contribution in [0, 0.1) is 0 Å². The van der Waals surface area contributed by atoms with Crippen LogP contribution in [0.15, 0.2) is 99.0 Å². The first kappa shape index (κ1) is 28.8. The summed E-state index contributed by atoms with van der Waals surface area (Å²) in [5.74, 6) is 0.0269. The number of carbonyl (C=O) groups is 2. The van der Waals surface area contributed by atoms with Crippen molar-refractivity contribution in [2.45, 2.75) is 13.2 Å². The first-order chi connectivity index (χ1) is 19.3. The van der Waals surface area contributed by atoms with Crippen molar-refractivity contribution in [2.24, 2.45) is 5.10 Å². The van der Waals surface area contributed by atoms with Crippen LogP contribution in [0.5, 0.6) is 17.2 Å². The molecule has 0 atom stereocenters. The van der Waals surface area contributed by atoms with Crippen LogP contribution in [-0.2, 0) is 13.2 Å². The van der Waals surface area contributed by atoms with Gasteiger partial charge in [-0.1, -0.05) is 58.4 Å². The SMILES string of the molecule is COc1cc(C(=O)N/N=C/c2cc(Br)cc(Br)c2OCc2ccc(C(=O)O)cc2)ccc1OCc1ccccc1. The summed E-state index contributed by atoms with van der Waals surface area (Å²) in [6.07, 6.45) is 1.48. The second kappa shape index (κ2) is 13.8. The Morgan fingerprint density at radius 2 is 1.52 bits per heavy atom. The monoisotopic (exact) mass is 666 g/mol. The summed E-state index contributed by atoms with van der Waals surface area (Å²) in [5, 5.41) is 13.2. The molecule has 204 valence electrons. The van der Waals surface area contributed by atoms with Crippen molar-refractivity contribution in [2.75, 3.05) is 7.11 Å². The normalized spacial score (nSPS) is 10.8. The van der Waals surface area contributed by atoms with E-state index in [1.54, 1.807) is 36.4 Å². The van der Waals surface area contributed by atoms with Crippen molar-refractivity contribution in [3.8, 4) is 17.2 Å². The highest BCUT2D eigenvalue weighted by Gasteiger charge is 2.13. The van der Waals surface area contributed by atoms with E-state index in [1.807, 2.05) is 36.4 Å². The number of carboxylic acid groups (broad SMARTS) is 1. The van der Waals surface area contributed by atoms with Crippen LogP contribution >= 0.6 is 31.9 Å². The molecule has 4 aromatic carbocycles. The Kier molecular flexibility index (Phi) is 9.93. The van der Waals surface area contributed by atoms with E-state index in [1.165, 1.54) is 25.5 Å². The maximum absolute atomic E-state index is 12.8. The number of nitrogens with one attached hydrogen (secondary N) is 1. The molecular formula is C30H24Br2N2O6. The van der Waals surface area contributed by atoms with E-state index in [2.05, 4.69) is 42.4 Å². The minimum atomic E-state index is -0.991. The lowest BCUT2D eigenvalue weighted by atomic mass is 10.1. The first-order valence-corrected chi connectivity index (χ1v) is 13.5. The van der Waals surface area contributed by atoms with E-state index in [9.17, 15) is 9.59 Å². The van der Waals surface area contributed by atoms with Crippen molar-refractivity contribution in [3.63, 3.8) is 0 Å². The average Bonchev–Trinajstić information content (AvgIpc) is 2.96. The average molecular weight is 668 g/mol. The molecule has 0 saturated carbocycles. The molecule has 8 nitrogen and oxygen atoms in total. The van der Waals surface area contributed by atoms with Crippen molar-refractivity contribution in [3.05, 3.63) is 122 Å². The summed E-state index contributed by atoms with van der Waals surface area (Å²) in [6.45, 7) is 0.569. The molecule has 0 aliphatic rings. The number of ether oxygens (including phenoxy) is 3. The number of hydrogen-bond donors (Lipinski definition) is 2. The van der Waals surface area contributed by atoms with Gasteiger partial charge in [-0.15, -0.1) is 0 Å². The van der Waals surface area contributed by atoms with E-state index in [0.717, 1.165) is 15.6 Å². The lowest BCUT2D eigenvalue weighted by Gasteiger charge is -2.13. The van der Waals surface area contributed by atoms with Gasteiger partial charge in [-0.2, -0.15) is 5.10 Å². The molecule has 0 aliphatic carbocycles. The van der Waals surface area contributed by atoms with Crippen LogP contribution < -0.4 is 19.6 Å². The highest BCUT2D eigenvalue weighted by atomic mass is 79.9. The van der Waals surface area contributed by atoms with E-state index >= 15 is 0 Å². The molecule has 1 amide bonds. The smallest absolute Gasteiger partial charge is 0.335 e. The Labute approximate surface area is 247 Å². The van der Waals surface area contributed by atoms with Gasteiger partial charge in [0, 0.05) is 15.6 Å². The predicted molar refractivity (Wildman–Crippen MR) is 158 cm³/mol. The van der Waals surface area contributed by atoms with Gasteiger partial charge >= 0.3 is 5.97 Å². The predicted octanol–water partition coefficient (Wildman–Crippen LogP) is 6.84. The van der Waals surface area contributed by atoms with E-state index in [4.69, 9.17) is 19.3 Å². The van der Waals surface area contributed by atoms with Gasteiger partial charge in [0.05, 0.1) is 23.4 Å². The van der Waals surface area contributed by atoms with E-state index in [0.29, 0.717) is 39.5 Å². The zero-order valence-electron chi connectivity index (χ0n) is 21.3. The van der Waals surface area contributed by atoms with Crippen LogP contribution in [0.3, 0.4) is 0 Å². The van der Waals surface area contributed by atoms with Gasteiger partial charge in [-0.25, -0.2) is 10.2 Å². The van der Waals surface area contributed by atoms with Crippen molar-refractivity contribution in [1.82, 2.24) is 5.43 Å². The minimum absolute atomic E-state index is 0.198. The molecule has 0 heterocycles. The molecule has 4 aromatic rings. The third-order valence-corrected chi connectivity index (χ3v) is 6.70. The van der Waals surface area contributed by atoms with Crippen LogP contribution in [-0.4, -0.2) is 30.3 Å². The van der Waals surface area contributed by atoms with Gasteiger partial charge in [0.1, 0.15) is 19.0 Å². The molecule has 0 radical (unpaired) electrons. The van der Waals surface area contributed by atoms with Gasteiger partial charge < -0.3 is 19.3 Å². The molecule has 0 bridgehead atoms. The first-order valence-electron chi connectivity index (χ1n) is 12.0. The summed E-state index contributed by atoms with van der Waals surface area (Å²) in [7, 11) is 1.51. The summed E-state index contributed by atoms with van der Waals surface area (Å²) in [5.41, 5.74) is 5.48. The lowest BCUT2D eigenvalue weighted by Crippen LogP contribution is -2.17. The molecule has 40 heavy (non-hydrogen) atoms. The molecule has 0 unspecified atom stereocenters. The van der Waals surface area contributed by atoms with Crippen molar-refractivity contribution in [1.29, 1.82) is 0 Å². The standard InChI is InChI=1S/C30H24Br2N2O6/c1-38-27-14-22(11-12-26(27)39-17-19-5-3-2-4-6-19)29(35)34-33-16-23-13-24(31)15-25(32)28(23)40-18-20-7-9-21(10-8-20)30(36)37/h2-16H,17-18H2,1H3,(H,34,35)(H,36,37)/b33-16+. The minimum Gasteiger partial charge on any atom is -0.493 e. The molecule has 0 saturated heterocycles. The Morgan fingerprint density at radius 1 is 0.850 bits per heavy atom. The second-order valence-electron chi connectivity index (χ2n) is 8.44. The number of hydrazone groups is 1. The number of carbonyl (C=O) groups excluding carboxylic acids is 1. The fraction of sp³-hybridized carbons (Fsp3) is 0.100. The summed E-state index contributed by atoms with van der Waals surface area (Å²) in [6, 6.07) is 24.7. The fourth-order valence-corrected chi connectivity index (χ4v) is 4.99. The highest BCUT2D eigenvalue weighted by molar-refractivity contribution is 9.11. The molecule has 0 aromatic heterocycles. The molecular weight excluding hydrogens is 644 g/mol. The van der Waals surface area contributed by atoms with Crippen LogP contribution in [0.2, 0.25) is 0 Å². The maximum Gasteiger partial charge on any atom is 0.335 e. The third kappa shape index (κ3) is 7.71. The highest BCUT2D eigenvalue weighted by Crippen LogP contribution is 2.33. The third-order valence-electron chi connectivity index (χ3n) is 5.65. The number of amides is 1. The summed E-state index contributed by atoms with van der Waals surface area (Å²) >= 11 is 6.96. The number of aromatic carboxylic acids is 1. The lowest BCUT2D eigenvalue weighted by molar-refractivity contribution is 0.0696. The number of nitrogens with zero attached hydrogens (tertiary/aromatic N) is 1. The molecule has 0 spiro atoms. The zero-order chi connectivity index (χ0) is 28.5. The van der Waals surface area contributed by atoms with Crippen LogP contribution in [0.4, 0.5) is 0 Å². The number of carboxylic acids is 1. The van der Waals surface area contributed by atoms with Gasteiger partial charge in [-0.05, 0) is 69.5 Å². The summed E-state index contributed by atoms with van der Waals surface area (Å²) < 4.78 is 18.7. The zero-order valence-corrected chi connectivity index (χ0v) is 24.4. The number of rotatable bonds is 11. The fourth-order valence-electron chi connectivity index (χ4n) is 3.62. The van der Waals surface area contributed by atoms with Crippen LogP contribution in [0.25, 0.3) is 0 Å². The molecule has 2 N–H and O–H groups in total. The molecule has 0 fully saturated rings. The largest absolute Gasteiger partial charge is 0.493 e. The summed E-state index contributed by atoms with van der Waals surface area (Å²) in [4.78, 5) is 23.9. The number of halogens is 2. The molecule has 0 aliphatic heterocycles. The van der Waals surface area contributed by atoms with Gasteiger partial charge in [0.2, 0.25) is 0 Å². The topological polar surface area (TPSA) is 106 Å². The van der Waals surface area contributed by atoms with Gasteiger partial charge in [0.15, 0.2) is 11.5 Å². The molecule has 10 heteroatoms. The van der Waals surface area contributed by atoms with Crippen LogP contribution in [0.1, 0.15) is 37.4 Å². The Morgan fingerprint density at radius 3 is 2.23 bits per heavy atom. The van der Waals surface area contributed by atoms with Gasteiger partial charge in [-0.3, -0.25) is 4.79 Å². The van der Waals surface area contributed by atoms with Crippen molar-refractivity contribution >= 4 is 50.0 Å². The van der Waals surface area contributed by atoms with E-state index < -0.39 is 11.9 Å². The Hall–Kier alpha value is -4.15. The number of methoxy groups -OCH3 is 1. The second-order valence-corrected chi connectivity index (χ2v) is 10.2. The van der Waals surface area contributed by atoms with Crippen molar-refractivity contribution < 1.29 is 28.9 Å². The van der Waals surface area contributed by atoms with E-state index in [-0.39, 0.29) is 12.2 Å². The molecule has 4 rings (SSSR count).